The summed E-state index contributed by atoms with van der Waals surface area (Å²) in [6.45, 7) is 0. The van der Waals surface area contributed by atoms with Gasteiger partial charge in [0.05, 0.1) is 12.4 Å². The molecule has 0 heterocycles. The van der Waals surface area contributed by atoms with Gasteiger partial charge in [-0.2, -0.15) is 0 Å². The smallest absolute Gasteiger partial charge is 0.330 e. The molecule has 1 rings (SSSR count). The molecule has 2 nitrogen and oxygen atoms in total. The van der Waals surface area contributed by atoms with Gasteiger partial charge in [-0.1, -0.05) is 39.9 Å². The lowest BCUT2D eigenvalue weighted by molar-refractivity contribution is -0.134. The van der Waals surface area contributed by atoms with Crippen molar-refractivity contribution < 1.29 is 9.53 Å². The Labute approximate surface area is 103 Å². The molecule has 0 amide bonds. The number of methoxy groups -OCH3 is 1. The lowest BCUT2D eigenvalue weighted by Gasteiger charge is -1.94. The second-order valence-electron chi connectivity index (χ2n) is 2.91. The van der Waals surface area contributed by atoms with E-state index in [4.69, 9.17) is 0 Å². The first-order chi connectivity index (χ1) is 7.76. The van der Waals surface area contributed by atoms with Gasteiger partial charge in [-0.05, 0) is 23.8 Å². The van der Waals surface area contributed by atoms with Crippen molar-refractivity contribution in [3.63, 3.8) is 0 Å². The summed E-state index contributed by atoms with van der Waals surface area (Å²) in [5, 5.41) is 0.664. The third-order valence-corrected chi connectivity index (χ3v) is 2.10. The highest BCUT2D eigenvalue weighted by molar-refractivity contribution is 9.09. The van der Waals surface area contributed by atoms with Gasteiger partial charge < -0.3 is 4.74 Å². The predicted molar refractivity (Wildman–Crippen MR) is 68.2 cm³/mol. The summed E-state index contributed by atoms with van der Waals surface area (Å²) in [5.41, 5.74) is 1.89. The fraction of sp³-hybridized carbons (Fsp3) is 0.154. The number of halogens is 1. The highest BCUT2D eigenvalue weighted by Gasteiger charge is 1.92. The van der Waals surface area contributed by atoms with Crippen LogP contribution in [0.5, 0.6) is 0 Å². The van der Waals surface area contributed by atoms with Crippen LogP contribution >= 0.6 is 15.9 Å². The number of benzene rings is 1. The van der Waals surface area contributed by atoms with E-state index >= 15 is 0 Å². The van der Waals surface area contributed by atoms with Crippen LogP contribution in [0.4, 0.5) is 0 Å². The lowest BCUT2D eigenvalue weighted by Crippen LogP contribution is -1.93. The molecule has 16 heavy (non-hydrogen) atoms. The first-order valence-corrected chi connectivity index (χ1v) is 5.79. The van der Waals surface area contributed by atoms with Crippen molar-refractivity contribution in [1.29, 1.82) is 0 Å². The highest BCUT2D eigenvalue weighted by atomic mass is 79.9. The SMILES string of the molecule is COC(=O)/C=C/c1ccc(C#CCBr)cc1. The highest BCUT2D eigenvalue weighted by Crippen LogP contribution is 2.05. The van der Waals surface area contributed by atoms with Crippen molar-refractivity contribution in [3.05, 3.63) is 41.5 Å². The Kier molecular flexibility index (Phi) is 5.38. The summed E-state index contributed by atoms with van der Waals surface area (Å²) >= 11 is 3.23. The molecule has 0 saturated carbocycles. The molecule has 0 aromatic heterocycles. The average molecular weight is 279 g/mol. The van der Waals surface area contributed by atoms with Gasteiger partial charge in [0.1, 0.15) is 0 Å². The number of alkyl halides is 1. The van der Waals surface area contributed by atoms with Gasteiger partial charge in [0, 0.05) is 11.6 Å². The molecular weight excluding hydrogens is 268 g/mol. The molecule has 0 bridgehead atoms. The fourth-order valence-corrected chi connectivity index (χ4v) is 1.19. The van der Waals surface area contributed by atoms with E-state index in [1.54, 1.807) is 6.08 Å². The minimum absolute atomic E-state index is 0.358. The quantitative estimate of drug-likeness (QED) is 0.360. The van der Waals surface area contributed by atoms with Crippen molar-refractivity contribution in [1.82, 2.24) is 0 Å². The molecule has 1 aromatic rings. The van der Waals surface area contributed by atoms with Crippen LogP contribution in [0.2, 0.25) is 0 Å². The first-order valence-electron chi connectivity index (χ1n) is 4.67. The minimum atomic E-state index is -0.358. The van der Waals surface area contributed by atoms with Crippen LogP contribution in [-0.2, 0) is 9.53 Å². The molecule has 0 saturated heterocycles. The van der Waals surface area contributed by atoms with E-state index in [0.29, 0.717) is 5.33 Å². The zero-order valence-electron chi connectivity index (χ0n) is 8.87. The van der Waals surface area contributed by atoms with Crippen molar-refractivity contribution >= 4 is 28.0 Å². The average Bonchev–Trinajstić information content (AvgIpc) is 2.34. The first kappa shape index (κ1) is 12.5. The molecule has 0 spiro atoms. The third kappa shape index (κ3) is 4.33. The van der Waals surface area contributed by atoms with Crippen LogP contribution < -0.4 is 0 Å². The van der Waals surface area contributed by atoms with Crippen LogP contribution in [0.1, 0.15) is 11.1 Å². The maximum Gasteiger partial charge on any atom is 0.330 e. The largest absolute Gasteiger partial charge is 0.466 e. The van der Waals surface area contributed by atoms with Crippen LogP contribution in [0.25, 0.3) is 6.08 Å². The Morgan fingerprint density at radius 2 is 2.12 bits per heavy atom. The van der Waals surface area contributed by atoms with E-state index in [1.165, 1.54) is 13.2 Å². The summed E-state index contributed by atoms with van der Waals surface area (Å²) in [6, 6.07) is 7.62. The summed E-state index contributed by atoms with van der Waals surface area (Å²) in [7, 11) is 1.35. The van der Waals surface area contributed by atoms with E-state index in [0.717, 1.165) is 11.1 Å². The van der Waals surface area contributed by atoms with Crippen LogP contribution in [-0.4, -0.2) is 18.4 Å². The monoisotopic (exact) mass is 278 g/mol. The topological polar surface area (TPSA) is 26.3 Å². The molecule has 3 heteroatoms. The van der Waals surface area contributed by atoms with E-state index in [2.05, 4.69) is 32.5 Å². The molecule has 1 aromatic carbocycles. The van der Waals surface area contributed by atoms with E-state index in [9.17, 15) is 4.79 Å². The lowest BCUT2D eigenvalue weighted by atomic mass is 10.1. The van der Waals surface area contributed by atoms with Crippen LogP contribution in [0.3, 0.4) is 0 Å². The van der Waals surface area contributed by atoms with Gasteiger partial charge in [0.25, 0.3) is 0 Å². The van der Waals surface area contributed by atoms with Gasteiger partial charge in [-0.25, -0.2) is 4.79 Å². The number of carbonyl (C=O) groups excluding carboxylic acids is 1. The Bertz CT molecular complexity index is 435. The van der Waals surface area contributed by atoms with E-state index in [-0.39, 0.29) is 5.97 Å². The van der Waals surface area contributed by atoms with Gasteiger partial charge in [0.15, 0.2) is 0 Å². The molecule has 0 aliphatic rings. The maximum absolute atomic E-state index is 10.9. The second kappa shape index (κ2) is 6.86. The van der Waals surface area contributed by atoms with Gasteiger partial charge in [-0.15, -0.1) is 0 Å². The molecule has 0 aliphatic carbocycles. The van der Waals surface area contributed by atoms with Crippen molar-refractivity contribution in [2.45, 2.75) is 0 Å². The standard InChI is InChI=1S/C13H11BrO2/c1-16-13(15)9-8-12-6-4-11(5-7-12)3-2-10-14/h4-9H,10H2,1H3/b9-8+. The molecular formula is C13H11BrO2. The van der Waals surface area contributed by atoms with Crippen LogP contribution in [0.15, 0.2) is 30.3 Å². The number of carbonyl (C=O) groups is 1. The fourth-order valence-electron chi connectivity index (χ4n) is 1.05. The number of hydrogen-bond donors (Lipinski definition) is 0. The Morgan fingerprint density at radius 3 is 2.69 bits per heavy atom. The van der Waals surface area contributed by atoms with E-state index < -0.39 is 0 Å². The zero-order chi connectivity index (χ0) is 11.8. The van der Waals surface area contributed by atoms with E-state index in [1.807, 2.05) is 24.3 Å². The Balaban J connectivity index is 2.72. The normalized spacial score (nSPS) is 9.62. The number of esters is 1. The number of hydrogen-bond acceptors (Lipinski definition) is 2. The van der Waals surface area contributed by atoms with Crippen molar-refractivity contribution in [2.24, 2.45) is 0 Å². The molecule has 0 radical (unpaired) electrons. The number of ether oxygens (including phenoxy) is 1. The minimum Gasteiger partial charge on any atom is -0.466 e. The van der Waals surface area contributed by atoms with Crippen molar-refractivity contribution in [2.75, 3.05) is 12.4 Å². The Hall–Kier alpha value is -1.53. The molecule has 0 atom stereocenters. The summed E-state index contributed by atoms with van der Waals surface area (Å²) < 4.78 is 4.50. The Morgan fingerprint density at radius 1 is 1.44 bits per heavy atom. The molecule has 0 fully saturated rings. The van der Waals surface area contributed by atoms with Gasteiger partial charge in [-0.3, -0.25) is 0 Å². The summed E-state index contributed by atoms with van der Waals surface area (Å²) in [5.74, 6) is 5.54. The van der Waals surface area contributed by atoms with Gasteiger partial charge >= 0.3 is 5.97 Å². The molecule has 82 valence electrons. The third-order valence-electron chi connectivity index (χ3n) is 1.82. The zero-order valence-corrected chi connectivity index (χ0v) is 10.5. The van der Waals surface area contributed by atoms with Crippen LogP contribution in [0, 0.1) is 11.8 Å². The summed E-state index contributed by atoms with van der Waals surface area (Å²) in [4.78, 5) is 10.9. The molecule has 0 N–H and O–H groups in total. The molecule has 0 unspecified atom stereocenters. The number of rotatable bonds is 2. The maximum atomic E-state index is 10.9. The second-order valence-corrected chi connectivity index (χ2v) is 3.47. The van der Waals surface area contributed by atoms with Gasteiger partial charge in [0.2, 0.25) is 0 Å². The van der Waals surface area contributed by atoms with Crippen molar-refractivity contribution in [3.8, 4) is 11.8 Å². The predicted octanol–water partition coefficient (Wildman–Crippen LogP) is 2.62. The summed E-state index contributed by atoms with van der Waals surface area (Å²) in [6.07, 6.45) is 3.09. The molecule has 0 aliphatic heterocycles.